The summed E-state index contributed by atoms with van der Waals surface area (Å²) in [6, 6.07) is 0.0835. The Hall–Kier alpha value is -0.200. The highest BCUT2D eigenvalue weighted by Crippen LogP contribution is 2.20. The van der Waals surface area contributed by atoms with E-state index in [4.69, 9.17) is 18.0 Å². The third kappa shape index (κ3) is 3.63. The number of rotatable bonds is 4. The van der Waals surface area contributed by atoms with Gasteiger partial charge >= 0.3 is 0 Å². The molecule has 4 nitrogen and oxygen atoms in total. The quantitative estimate of drug-likeness (QED) is 0.776. The van der Waals surface area contributed by atoms with Gasteiger partial charge in [-0.15, -0.1) is 0 Å². The molecule has 0 saturated carbocycles. The minimum Gasteiger partial charge on any atom is -0.392 e. The molecule has 1 atom stereocenters. The van der Waals surface area contributed by atoms with Crippen LogP contribution in [0.25, 0.3) is 0 Å². The van der Waals surface area contributed by atoms with E-state index in [0.29, 0.717) is 11.5 Å². The third-order valence-corrected chi connectivity index (χ3v) is 6.13. The van der Waals surface area contributed by atoms with E-state index < -0.39 is 14.6 Å². The number of likely N-dealkylation sites (tertiary alicyclic amines) is 1. The lowest BCUT2D eigenvalue weighted by atomic mass is 10.2. The number of hydrogen-bond donors (Lipinski definition) is 1. The Morgan fingerprint density at radius 2 is 2.06 bits per heavy atom. The summed E-state index contributed by atoms with van der Waals surface area (Å²) in [6.45, 7) is 6.62. The zero-order valence-corrected chi connectivity index (χ0v) is 12.4. The molecular weight excluding hydrogens is 256 g/mol. The van der Waals surface area contributed by atoms with Crippen LogP contribution in [0.4, 0.5) is 0 Å². The molecule has 0 aromatic heterocycles. The van der Waals surface area contributed by atoms with Crippen molar-refractivity contribution >= 4 is 27.0 Å². The van der Waals surface area contributed by atoms with E-state index >= 15 is 0 Å². The van der Waals surface area contributed by atoms with Crippen LogP contribution in [0.1, 0.15) is 33.6 Å². The lowest BCUT2D eigenvalue weighted by Gasteiger charge is -2.25. The number of nitrogens with two attached hydrogens (primary N) is 1. The summed E-state index contributed by atoms with van der Waals surface area (Å²) in [7, 11) is -3.06. The topological polar surface area (TPSA) is 63.4 Å². The second-order valence-electron chi connectivity index (χ2n) is 5.53. The molecule has 0 bridgehead atoms. The standard InChI is InChI=1S/C11H22N2O2S2/c1-11(2,3)17(14,15)8-7-13-6-4-5-9(13)10(12)16/h9H,4-8H2,1-3H3,(H2,12,16). The van der Waals surface area contributed by atoms with Crippen LogP contribution in [-0.2, 0) is 9.84 Å². The molecule has 1 saturated heterocycles. The van der Waals surface area contributed by atoms with Gasteiger partial charge in [0.25, 0.3) is 0 Å². The molecule has 100 valence electrons. The van der Waals surface area contributed by atoms with Crippen molar-refractivity contribution in [2.24, 2.45) is 5.73 Å². The fourth-order valence-electron chi connectivity index (χ4n) is 1.96. The maximum Gasteiger partial charge on any atom is 0.156 e. The van der Waals surface area contributed by atoms with E-state index in [9.17, 15) is 8.42 Å². The third-order valence-electron chi connectivity index (χ3n) is 3.27. The highest BCUT2D eigenvalue weighted by Gasteiger charge is 2.32. The van der Waals surface area contributed by atoms with E-state index in [2.05, 4.69) is 4.90 Å². The van der Waals surface area contributed by atoms with Crippen LogP contribution < -0.4 is 5.73 Å². The molecule has 0 aromatic carbocycles. The van der Waals surface area contributed by atoms with Gasteiger partial charge in [-0.25, -0.2) is 8.42 Å². The normalized spacial score (nSPS) is 22.9. The molecule has 1 aliphatic heterocycles. The maximum atomic E-state index is 12.0. The summed E-state index contributed by atoms with van der Waals surface area (Å²) in [6.07, 6.45) is 1.99. The first kappa shape index (κ1) is 14.9. The van der Waals surface area contributed by atoms with Gasteiger partial charge in [0, 0.05) is 6.54 Å². The average molecular weight is 278 g/mol. The Morgan fingerprint density at radius 1 is 1.47 bits per heavy atom. The van der Waals surface area contributed by atoms with Crippen molar-refractivity contribution in [3.63, 3.8) is 0 Å². The van der Waals surface area contributed by atoms with Gasteiger partial charge in [-0.3, -0.25) is 4.90 Å². The van der Waals surface area contributed by atoms with Crippen molar-refractivity contribution < 1.29 is 8.42 Å². The van der Waals surface area contributed by atoms with Crippen molar-refractivity contribution in [2.75, 3.05) is 18.8 Å². The number of hydrogen-bond acceptors (Lipinski definition) is 4. The van der Waals surface area contributed by atoms with Crippen molar-refractivity contribution in [1.82, 2.24) is 4.90 Å². The molecule has 17 heavy (non-hydrogen) atoms. The van der Waals surface area contributed by atoms with Crippen molar-refractivity contribution in [2.45, 2.75) is 44.4 Å². The first-order valence-corrected chi connectivity index (χ1v) is 7.97. The minimum atomic E-state index is -3.06. The van der Waals surface area contributed by atoms with Gasteiger partial charge in [-0.05, 0) is 40.2 Å². The van der Waals surface area contributed by atoms with Crippen LogP contribution in [0.2, 0.25) is 0 Å². The largest absolute Gasteiger partial charge is 0.392 e. The van der Waals surface area contributed by atoms with Gasteiger partial charge in [0.1, 0.15) is 0 Å². The Morgan fingerprint density at radius 3 is 2.53 bits per heavy atom. The second-order valence-corrected chi connectivity index (χ2v) is 8.86. The second kappa shape index (κ2) is 5.20. The van der Waals surface area contributed by atoms with Crippen molar-refractivity contribution in [1.29, 1.82) is 0 Å². The monoisotopic (exact) mass is 278 g/mol. The van der Waals surface area contributed by atoms with E-state index in [1.165, 1.54) is 0 Å². The van der Waals surface area contributed by atoms with Crippen LogP contribution in [-0.4, -0.2) is 47.9 Å². The predicted molar refractivity (Wildman–Crippen MR) is 74.9 cm³/mol. The molecule has 0 radical (unpaired) electrons. The summed E-state index contributed by atoms with van der Waals surface area (Å²) in [5.41, 5.74) is 5.65. The van der Waals surface area contributed by atoms with Gasteiger partial charge in [0.2, 0.25) is 0 Å². The molecule has 1 rings (SSSR count). The molecule has 0 spiro atoms. The summed E-state index contributed by atoms with van der Waals surface area (Å²) >= 11 is 5.00. The first-order valence-electron chi connectivity index (χ1n) is 5.91. The zero-order chi connectivity index (χ0) is 13.3. The molecule has 1 unspecified atom stereocenters. The summed E-state index contributed by atoms with van der Waals surface area (Å²) < 4.78 is 23.3. The molecule has 0 aromatic rings. The lowest BCUT2D eigenvalue weighted by molar-refractivity contribution is 0.320. The lowest BCUT2D eigenvalue weighted by Crippen LogP contribution is -2.43. The van der Waals surface area contributed by atoms with Gasteiger partial charge < -0.3 is 5.73 Å². The fraction of sp³-hybridized carbons (Fsp3) is 0.909. The summed E-state index contributed by atoms with van der Waals surface area (Å²) in [5, 5.41) is 0. The van der Waals surface area contributed by atoms with Gasteiger partial charge in [0.15, 0.2) is 9.84 Å². The molecule has 1 aliphatic rings. The van der Waals surface area contributed by atoms with Gasteiger partial charge in [-0.1, -0.05) is 12.2 Å². The highest BCUT2D eigenvalue weighted by molar-refractivity contribution is 7.92. The van der Waals surface area contributed by atoms with Crippen LogP contribution in [0, 0.1) is 0 Å². The van der Waals surface area contributed by atoms with E-state index in [-0.39, 0.29) is 11.8 Å². The minimum absolute atomic E-state index is 0.0835. The van der Waals surface area contributed by atoms with E-state index in [1.807, 2.05) is 0 Å². The molecule has 2 N–H and O–H groups in total. The molecule has 6 heteroatoms. The fourth-order valence-corrected chi connectivity index (χ4v) is 3.31. The number of nitrogens with zero attached hydrogens (tertiary/aromatic N) is 1. The molecule has 0 amide bonds. The van der Waals surface area contributed by atoms with Crippen LogP contribution >= 0.6 is 12.2 Å². The zero-order valence-electron chi connectivity index (χ0n) is 10.8. The SMILES string of the molecule is CC(C)(C)S(=O)(=O)CCN1CCCC1C(N)=S. The Kier molecular flexibility index (Phi) is 4.54. The van der Waals surface area contributed by atoms with E-state index in [0.717, 1.165) is 19.4 Å². The Labute approximate surface area is 109 Å². The Balaban J connectivity index is 2.60. The van der Waals surface area contributed by atoms with Gasteiger partial charge in [-0.2, -0.15) is 0 Å². The molecule has 1 fully saturated rings. The average Bonchev–Trinajstić information content (AvgIpc) is 2.60. The molecule has 0 aliphatic carbocycles. The van der Waals surface area contributed by atoms with Crippen LogP contribution in [0.15, 0.2) is 0 Å². The van der Waals surface area contributed by atoms with Crippen molar-refractivity contribution in [3.8, 4) is 0 Å². The number of thiocarbonyl (C=S) groups is 1. The first-order chi connectivity index (χ1) is 7.65. The van der Waals surface area contributed by atoms with Crippen molar-refractivity contribution in [3.05, 3.63) is 0 Å². The van der Waals surface area contributed by atoms with Crippen LogP contribution in [0.5, 0.6) is 0 Å². The smallest absolute Gasteiger partial charge is 0.156 e. The van der Waals surface area contributed by atoms with E-state index in [1.54, 1.807) is 20.8 Å². The number of sulfone groups is 1. The Bertz CT molecular complexity index is 385. The summed E-state index contributed by atoms with van der Waals surface area (Å²) in [5.74, 6) is 0.176. The maximum absolute atomic E-state index is 12.0. The van der Waals surface area contributed by atoms with Gasteiger partial charge in [0.05, 0.1) is 21.5 Å². The predicted octanol–water partition coefficient (Wildman–Crippen LogP) is 0.950. The summed E-state index contributed by atoms with van der Waals surface area (Å²) in [4.78, 5) is 2.57. The molecule has 1 heterocycles. The highest BCUT2D eigenvalue weighted by atomic mass is 32.2. The molecular formula is C11H22N2O2S2. The van der Waals surface area contributed by atoms with Crippen LogP contribution in [0.3, 0.4) is 0 Å².